The molecule has 6 heteroatoms. The van der Waals surface area contributed by atoms with Crippen molar-refractivity contribution in [1.29, 1.82) is 0 Å². The number of benzene rings is 1. The number of aromatic carboxylic acids is 1. The normalized spacial score (nSPS) is 8.92. The van der Waals surface area contributed by atoms with Gasteiger partial charge in [-0.2, -0.15) is 0 Å². The van der Waals surface area contributed by atoms with Gasteiger partial charge in [0.25, 0.3) is 0 Å². The van der Waals surface area contributed by atoms with Gasteiger partial charge >= 0.3 is 20.8 Å². The van der Waals surface area contributed by atoms with E-state index in [2.05, 4.69) is 0 Å². The molecule has 0 aliphatic rings. The maximum absolute atomic E-state index is 10.2. The number of carbonyl (C=O) groups is 1. The molecule has 72 valence electrons. The van der Waals surface area contributed by atoms with Crippen LogP contribution < -0.4 is 8.40 Å². The molecule has 2 N–H and O–H groups in total. The van der Waals surface area contributed by atoms with E-state index in [4.69, 9.17) is 17.7 Å². The minimum atomic E-state index is -3.40. The molecule has 1 rings (SSSR count). The van der Waals surface area contributed by atoms with Crippen molar-refractivity contribution in [2.24, 2.45) is 0 Å². The maximum Gasteiger partial charge on any atom is 0.433 e. The monoisotopic (exact) mass is 250 g/mol. The third kappa shape index (κ3) is 7.41. The van der Waals surface area contributed by atoms with Crippen LogP contribution in [0.15, 0.2) is 30.3 Å². The second kappa shape index (κ2) is 6.55. The van der Waals surface area contributed by atoms with E-state index in [-0.39, 0.29) is 0 Å². The molecular weight excluding hydrogens is 244 g/mol. The van der Waals surface area contributed by atoms with Gasteiger partial charge in [0.15, 0.2) is 0 Å². The van der Waals surface area contributed by atoms with Gasteiger partial charge in [0.1, 0.15) is 0 Å². The van der Waals surface area contributed by atoms with Gasteiger partial charge in [-0.3, -0.25) is 0 Å². The summed E-state index contributed by atoms with van der Waals surface area (Å²) >= 11 is -3.40. The van der Waals surface area contributed by atoms with Gasteiger partial charge in [-0.05, 0) is 16.3 Å². The first kappa shape index (κ1) is 12.0. The summed E-state index contributed by atoms with van der Waals surface area (Å²) in [6.07, 6.45) is 0. The lowest BCUT2D eigenvalue weighted by atomic mass is 10.2. The van der Waals surface area contributed by atoms with E-state index in [1.165, 1.54) is 0 Å². The molecule has 0 amide bonds. The molecular formula is C7H7BrO5. The van der Waals surface area contributed by atoms with Crippen LogP contribution in [0.2, 0.25) is 0 Å². The number of hydrogen-bond donors (Lipinski definition) is 2. The zero-order valence-corrected chi connectivity index (χ0v) is 7.97. The van der Waals surface area contributed by atoms with Crippen LogP contribution in [-0.4, -0.2) is 15.3 Å². The number of carboxylic acid groups (broad SMARTS) is 1. The zero-order valence-electron chi connectivity index (χ0n) is 6.38. The second-order valence-corrected chi connectivity index (χ2v) is 2.72. The highest BCUT2D eigenvalue weighted by Gasteiger charge is 1.96. The molecule has 0 aliphatic carbocycles. The first-order valence-corrected chi connectivity index (χ1v) is 5.07. The first-order chi connectivity index (χ1) is 6.04. The number of rotatable bonds is 1. The summed E-state index contributed by atoms with van der Waals surface area (Å²) in [4.78, 5) is 10.2. The fourth-order valence-corrected chi connectivity index (χ4v) is 0.581. The Kier molecular flexibility index (Phi) is 6.07. The lowest BCUT2D eigenvalue weighted by Gasteiger charge is -1.88. The Hall–Kier alpha value is -0.950. The molecule has 0 bridgehead atoms. The highest BCUT2D eigenvalue weighted by atomic mass is 80.0. The molecule has 0 heterocycles. The van der Waals surface area contributed by atoms with Crippen LogP contribution in [0.5, 0.6) is 0 Å². The van der Waals surface area contributed by atoms with Crippen molar-refractivity contribution in [1.82, 2.24) is 0 Å². The quantitative estimate of drug-likeness (QED) is 0.628. The second-order valence-electron chi connectivity index (χ2n) is 1.87. The van der Waals surface area contributed by atoms with Gasteiger partial charge in [-0.15, -0.1) is 0 Å². The largest absolute Gasteiger partial charge is 0.478 e. The topological polar surface area (TPSA) is 104 Å². The highest BCUT2D eigenvalue weighted by Crippen LogP contribution is 1.96. The fraction of sp³-hybridized carbons (Fsp3) is 0. The molecule has 0 spiro atoms. The number of carboxylic acids is 1. The van der Waals surface area contributed by atoms with Crippen LogP contribution in [-0.2, 0) is 0 Å². The van der Waals surface area contributed by atoms with Crippen LogP contribution in [0.3, 0.4) is 0 Å². The van der Waals surface area contributed by atoms with Crippen LogP contribution in [0.1, 0.15) is 10.4 Å². The van der Waals surface area contributed by atoms with Gasteiger partial charge in [-0.1, -0.05) is 18.2 Å². The smallest absolute Gasteiger partial charge is 0.433 e. The molecule has 0 saturated carbocycles. The van der Waals surface area contributed by atoms with Gasteiger partial charge in [0, 0.05) is 0 Å². The maximum atomic E-state index is 10.2. The third-order valence-corrected chi connectivity index (χ3v) is 1.02. The Labute approximate surface area is 79.7 Å². The van der Waals surface area contributed by atoms with Crippen LogP contribution >= 0.6 is 0 Å². The van der Waals surface area contributed by atoms with Crippen molar-refractivity contribution < 1.29 is 37.3 Å². The van der Waals surface area contributed by atoms with Crippen LogP contribution in [0.4, 0.5) is 0 Å². The van der Waals surface area contributed by atoms with Crippen molar-refractivity contribution in [2.75, 3.05) is 0 Å². The summed E-state index contributed by atoms with van der Waals surface area (Å²) in [5.41, 5.74) is 0.331. The summed E-state index contributed by atoms with van der Waals surface area (Å²) in [6, 6.07) is 8.30. The van der Waals surface area contributed by atoms with Crippen molar-refractivity contribution in [3.8, 4) is 0 Å². The number of halogens is 1. The van der Waals surface area contributed by atoms with Crippen LogP contribution in [0.25, 0.3) is 0 Å². The van der Waals surface area contributed by atoms with E-state index in [0.717, 1.165) is 0 Å². The Bertz CT molecular complexity index is 246. The van der Waals surface area contributed by atoms with Gasteiger partial charge < -0.3 is 13.5 Å². The lowest BCUT2D eigenvalue weighted by Crippen LogP contribution is -2.30. The van der Waals surface area contributed by atoms with Gasteiger partial charge in [0.05, 0.1) is 5.56 Å². The Morgan fingerprint density at radius 3 is 1.85 bits per heavy atom. The fourth-order valence-electron chi connectivity index (χ4n) is 0.581. The average Bonchev–Trinajstić information content (AvgIpc) is 2.05. The molecule has 0 aliphatic heterocycles. The average molecular weight is 251 g/mol. The molecule has 0 atom stereocenters. The molecule has 13 heavy (non-hydrogen) atoms. The Morgan fingerprint density at radius 1 is 1.23 bits per heavy atom. The summed E-state index contributed by atoms with van der Waals surface area (Å²) in [6.45, 7) is 0. The molecule has 1 aromatic carbocycles. The van der Waals surface area contributed by atoms with E-state index in [0.29, 0.717) is 5.56 Å². The standard InChI is InChI=1S/C7H6O2.BrHO3/c8-7(9)6-4-2-1-3-5-6;2-1(3)4/h1-5H,(H,8,9);2H. The summed E-state index contributed by atoms with van der Waals surface area (Å²) in [5, 5.41) is 8.38. The Balaban J connectivity index is 0.000000310. The molecule has 0 unspecified atom stereocenters. The van der Waals surface area contributed by atoms with E-state index >= 15 is 0 Å². The molecule has 0 saturated heterocycles. The van der Waals surface area contributed by atoms with Crippen molar-refractivity contribution >= 4 is 5.97 Å². The molecule has 1 aromatic rings. The summed E-state index contributed by atoms with van der Waals surface area (Å²) in [5.74, 6) is -0.879. The molecule has 0 radical (unpaired) electrons. The third-order valence-electron chi connectivity index (χ3n) is 1.02. The van der Waals surface area contributed by atoms with E-state index in [1.54, 1.807) is 30.3 Å². The zero-order chi connectivity index (χ0) is 10.3. The van der Waals surface area contributed by atoms with Gasteiger partial charge in [-0.25, -0.2) is 4.79 Å². The highest BCUT2D eigenvalue weighted by molar-refractivity contribution is 5.87. The summed E-state index contributed by atoms with van der Waals surface area (Å²) in [7, 11) is 0. The minimum Gasteiger partial charge on any atom is -0.478 e. The predicted molar refractivity (Wildman–Crippen MR) is 35.6 cm³/mol. The van der Waals surface area contributed by atoms with E-state index in [1.807, 2.05) is 0 Å². The van der Waals surface area contributed by atoms with Crippen LogP contribution in [0, 0.1) is 14.8 Å². The van der Waals surface area contributed by atoms with Gasteiger partial charge in [0.2, 0.25) is 0 Å². The minimum absolute atomic E-state index is 0.331. The first-order valence-electron chi connectivity index (χ1n) is 3.07. The van der Waals surface area contributed by atoms with E-state index in [9.17, 15) is 4.79 Å². The Morgan fingerprint density at radius 2 is 1.62 bits per heavy atom. The van der Waals surface area contributed by atoms with Crippen molar-refractivity contribution in [2.45, 2.75) is 0 Å². The lowest BCUT2D eigenvalue weighted by molar-refractivity contribution is -1.63. The van der Waals surface area contributed by atoms with Crippen molar-refractivity contribution in [3.63, 3.8) is 0 Å². The molecule has 5 nitrogen and oxygen atoms in total. The van der Waals surface area contributed by atoms with E-state index < -0.39 is 20.8 Å². The molecule has 0 aromatic heterocycles. The SMILES string of the molecule is O=C(O)c1ccccc1.[O-][Br+2]([O-])O. The predicted octanol–water partition coefficient (Wildman–Crippen LogP) is -1.55. The molecule has 0 fully saturated rings. The summed E-state index contributed by atoms with van der Waals surface area (Å²) < 4.78 is 24.3. The van der Waals surface area contributed by atoms with Crippen molar-refractivity contribution in [3.05, 3.63) is 35.9 Å². The number of hydrogen-bond acceptors (Lipinski definition) is 4.